The van der Waals surface area contributed by atoms with Crippen LogP contribution in [0.25, 0.3) is 22.2 Å². The van der Waals surface area contributed by atoms with Gasteiger partial charge in [0.25, 0.3) is 5.89 Å². The highest BCUT2D eigenvalue weighted by molar-refractivity contribution is 7.19. The van der Waals surface area contributed by atoms with Crippen molar-refractivity contribution < 1.29 is 9.32 Å². The largest absolute Gasteiger partial charge is 0.333 e. The lowest BCUT2D eigenvalue weighted by atomic mass is 10.2. The van der Waals surface area contributed by atoms with Crippen molar-refractivity contribution >= 4 is 22.4 Å². The Bertz CT molecular complexity index is 826. The minimum absolute atomic E-state index is 0.0315. The zero-order chi connectivity index (χ0) is 16.9. The van der Waals surface area contributed by atoms with Gasteiger partial charge in [-0.1, -0.05) is 60.7 Å². The first-order valence-electron chi connectivity index (χ1n) is 7.90. The molecule has 0 aliphatic carbocycles. The summed E-state index contributed by atoms with van der Waals surface area (Å²) in [7, 11) is 0. The van der Waals surface area contributed by atoms with Crippen molar-refractivity contribution in [3.05, 3.63) is 36.0 Å². The second kappa shape index (κ2) is 7.35. The molecular weight excluding hydrogens is 324 g/mol. The number of nitrogens with one attached hydrogen (secondary N) is 1. The molecule has 0 aliphatic rings. The number of carbonyl (C=O) groups excluding carboxylic acids is 1. The number of hydrogen-bond acceptors (Lipinski definition) is 6. The summed E-state index contributed by atoms with van der Waals surface area (Å²) < 4.78 is 5.41. The van der Waals surface area contributed by atoms with Crippen molar-refractivity contribution in [3.8, 4) is 22.2 Å². The monoisotopic (exact) mass is 342 g/mol. The molecule has 3 rings (SSSR count). The molecule has 0 aliphatic heterocycles. The molecular formula is C17H18N4O2S. The molecule has 3 aromatic rings. The van der Waals surface area contributed by atoms with Crippen LogP contribution in [0, 0.1) is 0 Å². The maximum atomic E-state index is 11.8. The lowest BCUT2D eigenvalue weighted by Crippen LogP contribution is -2.10. The Labute approximate surface area is 143 Å². The van der Waals surface area contributed by atoms with E-state index in [0.29, 0.717) is 23.3 Å². The number of benzene rings is 1. The number of nitrogens with zero attached hydrogens (tertiary/aromatic N) is 3. The standard InChI is InChI=1S/C17H18N4O2S/c1-3-8-13(22)19-17-18-12(4-2)14(24-17)16-20-15(21-23-16)11-9-6-5-7-10-11/h5-7,9-10H,3-4,8H2,1-2H3,(H,18,19,22). The van der Waals surface area contributed by atoms with Gasteiger partial charge in [0, 0.05) is 12.0 Å². The van der Waals surface area contributed by atoms with Gasteiger partial charge in [0.2, 0.25) is 11.7 Å². The van der Waals surface area contributed by atoms with Crippen LogP contribution >= 0.6 is 11.3 Å². The summed E-state index contributed by atoms with van der Waals surface area (Å²) in [5.74, 6) is 0.938. The summed E-state index contributed by atoms with van der Waals surface area (Å²) in [5, 5.41) is 7.44. The quantitative estimate of drug-likeness (QED) is 0.727. The Balaban J connectivity index is 1.88. The highest BCUT2D eigenvalue weighted by Crippen LogP contribution is 2.33. The van der Waals surface area contributed by atoms with Crippen LogP contribution in [0.3, 0.4) is 0 Å². The highest BCUT2D eigenvalue weighted by atomic mass is 32.1. The van der Waals surface area contributed by atoms with E-state index in [4.69, 9.17) is 4.52 Å². The van der Waals surface area contributed by atoms with E-state index in [-0.39, 0.29) is 5.91 Å². The third kappa shape index (κ3) is 3.51. The maximum Gasteiger partial charge on any atom is 0.270 e. The molecule has 6 nitrogen and oxygen atoms in total. The van der Waals surface area contributed by atoms with E-state index in [9.17, 15) is 4.79 Å². The van der Waals surface area contributed by atoms with Crippen LogP contribution in [-0.2, 0) is 11.2 Å². The van der Waals surface area contributed by atoms with Crippen LogP contribution in [0.5, 0.6) is 0 Å². The fourth-order valence-corrected chi connectivity index (χ4v) is 3.23. The summed E-state index contributed by atoms with van der Waals surface area (Å²) in [6.45, 7) is 3.97. The van der Waals surface area contributed by atoms with E-state index in [0.717, 1.165) is 29.0 Å². The van der Waals surface area contributed by atoms with Gasteiger partial charge in [-0.3, -0.25) is 4.79 Å². The van der Waals surface area contributed by atoms with Crippen molar-refractivity contribution in [3.63, 3.8) is 0 Å². The summed E-state index contributed by atoms with van der Waals surface area (Å²) in [4.78, 5) is 21.5. The van der Waals surface area contributed by atoms with Crippen LogP contribution < -0.4 is 5.32 Å². The van der Waals surface area contributed by atoms with Gasteiger partial charge in [0.05, 0.1) is 5.69 Å². The zero-order valence-corrected chi connectivity index (χ0v) is 14.4. The molecule has 2 aromatic heterocycles. The summed E-state index contributed by atoms with van der Waals surface area (Å²) in [6, 6.07) is 9.65. The molecule has 0 spiro atoms. The topological polar surface area (TPSA) is 80.9 Å². The molecule has 0 saturated heterocycles. The number of thiazole rings is 1. The molecule has 0 bridgehead atoms. The first kappa shape index (κ1) is 16.3. The van der Waals surface area contributed by atoms with Crippen molar-refractivity contribution in [1.82, 2.24) is 15.1 Å². The van der Waals surface area contributed by atoms with Gasteiger partial charge in [-0.2, -0.15) is 4.98 Å². The number of aryl methyl sites for hydroxylation is 1. The Kier molecular flexibility index (Phi) is 5.00. The average Bonchev–Trinajstić information content (AvgIpc) is 3.22. The highest BCUT2D eigenvalue weighted by Gasteiger charge is 2.19. The fraction of sp³-hybridized carbons (Fsp3) is 0.294. The van der Waals surface area contributed by atoms with Gasteiger partial charge in [-0.25, -0.2) is 4.98 Å². The van der Waals surface area contributed by atoms with Crippen molar-refractivity contribution in [2.75, 3.05) is 5.32 Å². The number of carbonyl (C=O) groups is 1. The summed E-state index contributed by atoms with van der Waals surface area (Å²) in [6.07, 6.45) is 2.00. The Morgan fingerprint density at radius 2 is 2.00 bits per heavy atom. The molecule has 2 heterocycles. The third-order valence-corrected chi connectivity index (χ3v) is 4.41. The molecule has 0 atom stereocenters. The third-order valence-electron chi connectivity index (χ3n) is 3.41. The second-order valence-electron chi connectivity index (χ2n) is 5.24. The zero-order valence-electron chi connectivity index (χ0n) is 13.6. The molecule has 7 heteroatoms. The maximum absolute atomic E-state index is 11.8. The van der Waals surface area contributed by atoms with Gasteiger partial charge in [-0.05, 0) is 12.8 Å². The van der Waals surface area contributed by atoms with E-state index in [1.54, 1.807) is 0 Å². The van der Waals surface area contributed by atoms with Gasteiger partial charge >= 0.3 is 0 Å². The molecule has 124 valence electrons. The Morgan fingerprint density at radius 1 is 1.21 bits per heavy atom. The number of aromatic nitrogens is 3. The molecule has 24 heavy (non-hydrogen) atoms. The van der Waals surface area contributed by atoms with E-state index in [1.165, 1.54) is 11.3 Å². The molecule has 0 saturated carbocycles. The summed E-state index contributed by atoms with van der Waals surface area (Å²) >= 11 is 1.36. The van der Waals surface area contributed by atoms with Crippen LogP contribution in [-0.4, -0.2) is 21.0 Å². The van der Waals surface area contributed by atoms with Crippen LogP contribution in [0.2, 0.25) is 0 Å². The number of rotatable bonds is 6. The van der Waals surface area contributed by atoms with Crippen molar-refractivity contribution in [1.29, 1.82) is 0 Å². The van der Waals surface area contributed by atoms with Gasteiger partial charge in [-0.15, -0.1) is 0 Å². The minimum atomic E-state index is -0.0315. The molecule has 1 N–H and O–H groups in total. The molecule has 1 amide bonds. The van der Waals surface area contributed by atoms with Crippen molar-refractivity contribution in [2.24, 2.45) is 0 Å². The van der Waals surface area contributed by atoms with E-state index < -0.39 is 0 Å². The average molecular weight is 342 g/mol. The molecule has 0 unspecified atom stereocenters. The van der Waals surface area contributed by atoms with E-state index in [1.807, 2.05) is 44.2 Å². The molecule has 1 aromatic carbocycles. The number of anilines is 1. The number of hydrogen-bond donors (Lipinski definition) is 1. The van der Waals surface area contributed by atoms with E-state index in [2.05, 4.69) is 20.4 Å². The molecule has 0 fully saturated rings. The van der Waals surface area contributed by atoms with Crippen LogP contribution in [0.15, 0.2) is 34.9 Å². The summed E-state index contributed by atoms with van der Waals surface area (Å²) in [5.41, 5.74) is 1.74. The lowest BCUT2D eigenvalue weighted by molar-refractivity contribution is -0.116. The van der Waals surface area contributed by atoms with Gasteiger partial charge in [0.15, 0.2) is 5.13 Å². The normalized spacial score (nSPS) is 10.8. The Morgan fingerprint density at radius 3 is 2.71 bits per heavy atom. The first-order valence-corrected chi connectivity index (χ1v) is 8.72. The van der Waals surface area contributed by atoms with Crippen LogP contribution in [0.4, 0.5) is 5.13 Å². The SMILES string of the molecule is CCCC(=O)Nc1nc(CC)c(-c2nc(-c3ccccc3)no2)s1. The second-order valence-corrected chi connectivity index (χ2v) is 6.23. The fourth-order valence-electron chi connectivity index (χ4n) is 2.24. The van der Waals surface area contributed by atoms with Gasteiger partial charge < -0.3 is 9.84 Å². The lowest BCUT2D eigenvalue weighted by Gasteiger charge is -1.97. The Hall–Kier alpha value is -2.54. The van der Waals surface area contributed by atoms with E-state index >= 15 is 0 Å². The predicted octanol–water partition coefficient (Wildman–Crippen LogP) is 4.16. The first-order chi connectivity index (χ1) is 11.7. The van der Waals surface area contributed by atoms with Crippen molar-refractivity contribution in [2.45, 2.75) is 33.1 Å². The van der Waals surface area contributed by atoms with Crippen LogP contribution in [0.1, 0.15) is 32.4 Å². The minimum Gasteiger partial charge on any atom is -0.333 e. The van der Waals surface area contributed by atoms with Gasteiger partial charge in [0.1, 0.15) is 4.88 Å². The smallest absolute Gasteiger partial charge is 0.270 e. The molecule has 0 radical (unpaired) electrons. The predicted molar refractivity (Wildman–Crippen MR) is 93.8 cm³/mol. The number of amides is 1.